The molecule has 6 heteroatoms. The Balaban J connectivity index is 2.19. The number of benzene rings is 1. The van der Waals surface area contributed by atoms with Gasteiger partial charge in [0.15, 0.2) is 5.54 Å². The third-order valence-electron chi connectivity index (χ3n) is 3.50. The smallest absolute Gasteiger partial charge is 0.283 e. The highest BCUT2D eigenvalue weighted by atomic mass is 35.5. The van der Waals surface area contributed by atoms with Gasteiger partial charge in [0.05, 0.1) is 0 Å². The van der Waals surface area contributed by atoms with Crippen LogP contribution in [0.4, 0.5) is 8.78 Å². The number of aliphatic imine (C=N–C) groups is 1. The van der Waals surface area contributed by atoms with Crippen LogP contribution in [0, 0.1) is 5.92 Å². The molecule has 2 aliphatic rings. The van der Waals surface area contributed by atoms with E-state index in [2.05, 4.69) is 4.99 Å². The summed E-state index contributed by atoms with van der Waals surface area (Å²) in [5.41, 5.74) is 4.16. The van der Waals surface area contributed by atoms with E-state index in [4.69, 9.17) is 22.1 Å². The fraction of sp³-hybridized carbons (Fsp3) is 0.417. The van der Waals surface area contributed by atoms with E-state index in [0.29, 0.717) is 12.0 Å². The highest BCUT2D eigenvalue weighted by molar-refractivity contribution is 6.31. The maximum absolute atomic E-state index is 13.6. The molecule has 1 heterocycles. The number of alkyl halides is 2. The highest BCUT2D eigenvalue weighted by Gasteiger charge is 2.63. The Bertz CT molecular complexity index is 523. The van der Waals surface area contributed by atoms with E-state index in [1.54, 1.807) is 24.3 Å². The van der Waals surface area contributed by atoms with Crippen molar-refractivity contribution in [1.82, 2.24) is 0 Å². The average molecular weight is 273 g/mol. The minimum absolute atomic E-state index is 0.186. The summed E-state index contributed by atoms with van der Waals surface area (Å²) in [6, 6.07) is 6.34. The van der Waals surface area contributed by atoms with Crippen LogP contribution in [-0.2, 0) is 10.3 Å². The molecular weight excluding hydrogens is 262 g/mol. The van der Waals surface area contributed by atoms with Crippen LogP contribution in [0.2, 0.25) is 5.02 Å². The number of rotatable bonds is 2. The van der Waals surface area contributed by atoms with Gasteiger partial charge in [0, 0.05) is 16.5 Å². The zero-order valence-electron chi connectivity index (χ0n) is 9.32. The summed E-state index contributed by atoms with van der Waals surface area (Å²) in [6.45, 7) is 0. The lowest BCUT2D eigenvalue weighted by atomic mass is 9.85. The molecule has 0 amide bonds. The molecule has 96 valence electrons. The third kappa shape index (κ3) is 1.50. The molecule has 3 nitrogen and oxygen atoms in total. The topological polar surface area (TPSA) is 47.6 Å². The molecule has 1 aromatic rings. The minimum atomic E-state index is -2.67. The Kier molecular flexibility index (Phi) is 2.48. The Morgan fingerprint density at radius 1 is 1.44 bits per heavy atom. The molecule has 18 heavy (non-hydrogen) atoms. The van der Waals surface area contributed by atoms with E-state index in [1.165, 1.54) is 0 Å². The van der Waals surface area contributed by atoms with Crippen molar-refractivity contribution in [1.29, 1.82) is 0 Å². The average Bonchev–Trinajstić information content (AvgIpc) is 3.07. The highest BCUT2D eigenvalue weighted by Crippen LogP contribution is 2.56. The first-order chi connectivity index (χ1) is 8.55. The predicted octanol–water partition coefficient (Wildman–Crippen LogP) is 2.53. The number of hydrogen-bond acceptors (Lipinski definition) is 3. The van der Waals surface area contributed by atoms with Gasteiger partial charge in [0.1, 0.15) is 6.10 Å². The normalized spacial score (nSPS) is 33.7. The molecule has 1 saturated carbocycles. The lowest BCUT2D eigenvalue weighted by Gasteiger charge is -2.33. The van der Waals surface area contributed by atoms with E-state index < -0.39 is 12.0 Å². The van der Waals surface area contributed by atoms with E-state index in [0.717, 1.165) is 0 Å². The molecule has 0 spiro atoms. The Labute approximate surface area is 108 Å². The lowest BCUT2D eigenvalue weighted by Crippen LogP contribution is -2.42. The Hall–Kier alpha value is -1.36. The molecule has 0 saturated heterocycles. The summed E-state index contributed by atoms with van der Waals surface area (Å²) < 4.78 is 32.4. The molecule has 2 N–H and O–H groups in total. The number of nitrogens with zero attached hydrogens (tertiary/aromatic N) is 1. The van der Waals surface area contributed by atoms with Crippen molar-refractivity contribution in [3.05, 3.63) is 34.9 Å². The van der Waals surface area contributed by atoms with Gasteiger partial charge in [-0.3, -0.25) is 0 Å². The van der Waals surface area contributed by atoms with Crippen LogP contribution < -0.4 is 5.73 Å². The number of fused-ring (bicyclic) bond motifs is 1. The fourth-order valence-electron chi connectivity index (χ4n) is 2.59. The monoisotopic (exact) mass is 272 g/mol. The number of ether oxygens (including phenoxy) is 1. The second kappa shape index (κ2) is 3.82. The summed E-state index contributed by atoms with van der Waals surface area (Å²) >= 11 is 6.04. The largest absolute Gasteiger partial charge is 0.462 e. The molecule has 1 aliphatic heterocycles. The summed E-state index contributed by atoms with van der Waals surface area (Å²) in [6.07, 6.45) is -2.41. The summed E-state index contributed by atoms with van der Waals surface area (Å²) in [7, 11) is 0. The van der Waals surface area contributed by atoms with Crippen molar-refractivity contribution in [2.75, 3.05) is 0 Å². The van der Waals surface area contributed by atoms with Crippen LogP contribution in [0.25, 0.3) is 0 Å². The van der Waals surface area contributed by atoms with Gasteiger partial charge in [-0.2, -0.15) is 0 Å². The molecule has 1 aliphatic carbocycles. The first-order valence-electron chi connectivity index (χ1n) is 5.61. The van der Waals surface area contributed by atoms with Gasteiger partial charge in [-0.1, -0.05) is 29.8 Å². The molecule has 0 bridgehead atoms. The summed E-state index contributed by atoms with van der Waals surface area (Å²) in [5.74, 6) is -0.357. The van der Waals surface area contributed by atoms with Gasteiger partial charge in [0.25, 0.3) is 12.4 Å². The first kappa shape index (κ1) is 11.7. The summed E-state index contributed by atoms with van der Waals surface area (Å²) in [5, 5.41) is 0.280. The lowest BCUT2D eigenvalue weighted by molar-refractivity contribution is 0.0197. The van der Waals surface area contributed by atoms with Crippen molar-refractivity contribution in [3.63, 3.8) is 0 Å². The SMILES string of the molecule is NC1=N[C@@](c2ccccc2Cl)(C(F)F)[C@H]2CC2O1. The number of nitrogens with two attached hydrogens (primary N) is 1. The van der Waals surface area contributed by atoms with E-state index in [9.17, 15) is 8.78 Å². The number of amidine groups is 1. The van der Waals surface area contributed by atoms with Gasteiger partial charge in [-0.15, -0.1) is 0 Å². The quantitative estimate of drug-likeness (QED) is 0.899. The van der Waals surface area contributed by atoms with Crippen LogP contribution in [0.15, 0.2) is 29.3 Å². The Morgan fingerprint density at radius 3 is 2.83 bits per heavy atom. The second-order valence-electron chi connectivity index (χ2n) is 4.55. The molecule has 0 radical (unpaired) electrons. The van der Waals surface area contributed by atoms with Gasteiger partial charge < -0.3 is 10.5 Å². The van der Waals surface area contributed by atoms with Crippen LogP contribution in [0.5, 0.6) is 0 Å². The molecular formula is C12H11ClF2N2O. The predicted molar refractivity (Wildman–Crippen MR) is 63.7 cm³/mol. The molecule has 1 fully saturated rings. The standard InChI is InChI=1S/C12H11ClF2N2O/c13-8-4-2-1-3-6(8)12(10(14)15)7-5-9(7)18-11(16)17-12/h1-4,7,9-10H,5H2,(H2,16,17)/t7-,9?,12+/m0/s1. The van der Waals surface area contributed by atoms with Crippen molar-refractivity contribution < 1.29 is 13.5 Å². The van der Waals surface area contributed by atoms with E-state index >= 15 is 0 Å². The number of halogens is 3. The maximum atomic E-state index is 13.6. The molecule has 3 rings (SSSR count). The molecule has 3 atom stereocenters. The van der Waals surface area contributed by atoms with Crippen molar-refractivity contribution >= 4 is 17.6 Å². The van der Waals surface area contributed by atoms with Crippen LogP contribution in [-0.4, -0.2) is 18.6 Å². The van der Waals surface area contributed by atoms with Crippen molar-refractivity contribution in [2.45, 2.75) is 24.5 Å². The second-order valence-corrected chi connectivity index (χ2v) is 4.96. The molecule has 0 aromatic heterocycles. The first-order valence-corrected chi connectivity index (χ1v) is 5.98. The molecule has 1 unspecified atom stereocenters. The van der Waals surface area contributed by atoms with Gasteiger partial charge in [-0.05, 0) is 12.5 Å². The van der Waals surface area contributed by atoms with Gasteiger partial charge in [-0.25, -0.2) is 13.8 Å². The third-order valence-corrected chi connectivity index (χ3v) is 3.83. The Morgan fingerprint density at radius 2 is 2.17 bits per heavy atom. The summed E-state index contributed by atoms with van der Waals surface area (Å²) in [4.78, 5) is 3.90. The zero-order valence-corrected chi connectivity index (χ0v) is 10.1. The van der Waals surface area contributed by atoms with Crippen molar-refractivity contribution in [3.8, 4) is 0 Å². The van der Waals surface area contributed by atoms with E-state index in [-0.39, 0.29) is 23.1 Å². The minimum Gasteiger partial charge on any atom is -0.462 e. The maximum Gasteiger partial charge on any atom is 0.283 e. The van der Waals surface area contributed by atoms with E-state index in [1.807, 2.05) is 0 Å². The zero-order chi connectivity index (χ0) is 12.9. The van der Waals surface area contributed by atoms with Gasteiger partial charge >= 0.3 is 0 Å². The van der Waals surface area contributed by atoms with Crippen LogP contribution in [0.1, 0.15) is 12.0 Å². The van der Waals surface area contributed by atoms with Crippen LogP contribution >= 0.6 is 11.6 Å². The molecule has 1 aromatic carbocycles. The fourth-order valence-corrected chi connectivity index (χ4v) is 2.87. The van der Waals surface area contributed by atoms with Crippen LogP contribution in [0.3, 0.4) is 0 Å². The van der Waals surface area contributed by atoms with Gasteiger partial charge in [0.2, 0.25) is 0 Å². The van der Waals surface area contributed by atoms with Crippen molar-refractivity contribution in [2.24, 2.45) is 16.6 Å². The number of hydrogen-bond donors (Lipinski definition) is 1.